The van der Waals surface area contributed by atoms with Gasteiger partial charge in [-0.05, 0) is 30.3 Å². The van der Waals surface area contributed by atoms with E-state index in [0.717, 1.165) is 0 Å². The summed E-state index contributed by atoms with van der Waals surface area (Å²) in [4.78, 5) is 16.1. The summed E-state index contributed by atoms with van der Waals surface area (Å²) < 4.78 is 0. The summed E-state index contributed by atoms with van der Waals surface area (Å²) in [5.41, 5.74) is 1.06. The number of halogens is 2. The Balaban J connectivity index is 2.16. The Bertz CT molecular complexity index is 731. The summed E-state index contributed by atoms with van der Waals surface area (Å²) in [6, 6.07) is 12.2. The van der Waals surface area contributed by atoms with Crippen LogP contribution in [0.3, 0.4) is 0 Å². The molecule has 0 aliphatic rings. The molecule has 1 N–H and O–H groups in total. The molecule has 2 rings (SSSR count). The second-order valence-electron chi connectivity index (χ2n) is 4.31. The molecule has 0 unspecified atom stereocenters. The average molecular weight is 332 g/mol. The molecule has 110 valence electrons. The first kappa shape index (κ1) is 16.0. The Kier molecular flexibility index (Phi) is 5.54. The first-order valence-corrected chi connectivity index (χ1v) is 7.11. The van der Waals surface area contributed by atoms with E-state index in [1.54, 1.807) is 36.5 Å². The molecule has 0 fully saturated rings. The van der Waals surface area contributed by atoms with Crippen LogP contribution in [0.25, 0.3) is 6.08 Å². The number of nitrogens with one attached hydrogen (secondary N) is 1. The maximum absolute atomic E-state index is 12.1. The third kappa shape index (κ3) is 4.08. The summed E-state index contributed by atoms with van der Waals surface area (Å²) in [5, 5.41) is 12.5. The molecule has 0 radical (unpaired) electrons. The minimum absolute atomic E-state index is 0.0778. The van der Waals surface area contributed by atoms with Crippen LogP contribution in [0, 0.1) is 11.3 Å². The largest absolute Gasteiger partial charge is 0.346 e. The van der Waals surface area contributed by atoms with Gasteiger partial charge in [-0.15, -0.1) is 0 Å². The summed E-state index contributed by atoms with van der Waals surface area (Å²) in [6.45, 7) is 0.231. The summed E-state index contributed by atoms with van der Waals surface area (Å²) in [5.74, 6) is -0.510. The Hall–Kier alpha value is -2.35. The first-order chi connectivity index (χ1) is 10.6. The van der Waals surface area contributed by atoms with Crippen molar-refractivity contribution in [3.05, 3.63) is 69.5 Å². The molecule has 0 saturated carbocycles. The van der Waals surface area contributed by atoms with E-state index in [-0.39, 0.29) is 12.1 Å². The normalized spacial score (nSPS) is 10.9. The summed E-state index contributed by atoms with van der Waals surface area (Å²) in [6.07, 6.45) is 3.00. The molecular weight excluding hydrogens is 321 g/mol. The van der Waals surface area contributed by atoms with Gasteiger partial charge >= 0.3 is 0 Å². The van der Waals surface area contributed by atoms with Crippen molar-refractivity contribution in [3.63, 3.8) is 0 Å². The van der Waals surface area contributed by atoms with E-state index in [9.17, 15) is 4.79 Å². The number of amides is 1. The predicted octanol–water partition coefficient (Wildman–Crippen LogP) is 3.61. The highest BCUT2D eigenvalue weighted by Crippen LogP contribution is 2.26. The van der Waals surface area contributed by atoms with Crippen molar-refractivity contribution in [1.82, 2.24) is 10.3 Å². The number of hydrogen-bond acceptors (Lipinski definition) is 3. The molecule has 1 heterocycles. The number of carbonyl (C=O) groups is 1. The van der Waals surface area contributed by atoms with Gasteiger partial charge in [-0.2, -0.15) is 5.26 Å². The first-order valence-electron chi connectivity index (χ1n) is 6.35. The highest BCUT2D eigenvalue weighted by atomic mass is 35.5. The van der Waals surface area contributed by atoms with Gasteiger partial charge in [-0.3, -0.25) is 9.78 Å². The molecule has 0 bridgehead atoms. The Morgan fingerprint density at radius 2 is 1.95 bits per heavy atom. The van der Waals surface area contributed by atoms with E-state index in [1.807, 2.05) is 12.1 Å². The highest BCUT2D eigenvalue weighted by molar-refractivity contribution is 6.37. The predicted molar refractivity (Wildman–Crippen MR) is 86.1 cm³/mol. The molecule has 0 aliphatic carbocycles. The average Bonchev–Trinajstić information content (AvgIpc) is 2.53. The molecule has 4 nitrogen and oxygen atoms in total. The fourth-order valence-electron chi connectivity index (χ4n) is 1.71. The molecular formula is C16H11Cl2N3O. The van der Waals surface area contributed by atoms with Crippen LogP contribution in [-0.2, 0) is 11.3 Å². The van der Waals surface area contributed by atoms with Gasteiger partial charge in [-0.25, -0.2) is 0 Å². The van der Waals surface area contributed by atoms with Crippen molar-refractivity contribution in [3.8, 4) is 6.07 Å². The van der Waals surface area contributed by atoms with Crippen LogP contribution in [0.15, 0.2) is 48.2 Å². The van der Waals surface area contributed by atoms with E-state index in [0.29, 0.717) is 21.3 Å². The fraction of sp³-hybridized carbons (Fsp3) is 0.0625. The van der Waals surface area contributed by atoms with Gasteiger partial charge in [0.25, 0.3) is 5.91 Å². The minimum Gasteiger partial charge on any atom is -0.346 e. The Labute approximate surface area is 138 Å². The molecule has 0 spiro atoms. The quantitative estimate of drug-likeness (QED) is 0.687. The number of nitriles is 1. The van der Waals surface area contributed by atoms with Crippen molar-refractivity contribution in [2.75, 3.05) is 0 Å². The van der Waals surface area contributed by atoms with Gasteiger partial charge in [-0.1, -0.05) is 35.3 Å². The second kappa shape index (κ2) is 7.60. The second-order valence-corrected chi connectivity index (χ2v) is 5.12. The van der Waals surface area contributed by atoms with Crippen molar-refractivity contribution in [2.24, 2.45) is 0 Å². The van der Waals surface area contributed by atoms with Crippen molar-refractivity contribution in [1.29, 1.82) is 5.26 Å². The SMILES string of the molecule is N#C/C(=C\c1c(Cl)cccc1Cl)C(=O)NCc1ccccn1. The lowest BCUT2D eigenvalue weighted by molar-refractivity contribution is -0.117. The van der Waals surface area contributed by atoms with Gasteiger partial charge in [0.15, 0.2) is 0 Å². The van der Waals surface area contributed by atoms with E-state index in [4.69, 9.17) is 28.5 Å². The van der Waals surface area contributed by atoms with E-state index >= 15 is 0 Å². The van der Waals surface area contributed by atoms with E-state index < -0.39 is 5.91 Å². The summed E-state index contributed by atoms with van der Waals surface area (Å²) >= 11 is 12.1. The lowest BCUT2D eigenvalue weighted by Crippen LogP contribution is -2.24. The maximum atomic E-state index is 12.1. The van der Waals surface area contributed by atoms with Gasteiger partial charge in [0.2, 0.25) is 0 Å². The van der Waals surface area contributed by atoms with Gasteiger partial charge in [0.1, 0.15) is 11.6 Å². The van der Waals surface area contributed by atoms with Crippen LogP contribution >= 0.6 is 23.2 Å². The fourth-order valence-corrected chi connectivity index (χ4v) is 2.22. The van der Waals surface area contributed by atoms with Crippen LogP contribution in [0.2, 0.25) is 10.0 Å². The van der Waals surface area contributed by atoms with E-state index in [1.165, 1.54) is 6.08 Å². The number of pyridine rings is 1. The monoisotopic (exact) mass is 331 g/mol. The zero-order chi connectivity index (χ0) is 15.9. The standard InChI is InChI=1S/C16H11Cl2N3O/c17-14-5-3-6-15(18)13(14)8-11(9-19)16(22)21-10-12-4-1-2-7-20-12/h1-8H,10H2,(H,21,22)/b11-8+. The number of rotatable bonds is 4. The van der Waals surface area contributed by atoms with Crippen LogP contribution < -0.4 is 5.32 Å². The lowest BCUT2D eigenvalue weighted by atomic mass is 10.1. The molecule has 0 saturated heterocycles. The van der Waals surface area contributed by atoms with Crippen LogP contribution in [0.5, 0.6) is 0 Å². The smallest absolute Gasteiger partial charge is 0.262 e. The van der Waals surface area contributed by atoms with Crippen molar-refractivity contribution in [2.45, 2.75) is 6.54 Å². The Morgan fingerprint density at radius 3 is 2.55 bits per heavy atom. The van der Waals surface area contributed by atoms with Crippen LogP contribution in [-0.4, -0.2) is 10.9 Å². The van der Waals surface area contributed by atoms with Gasteiger partial charge in [0, 0.05) is 21.8 Å². The van der Waals surface area contributed by atoms with Gasteiger partial charge in [0.05, 0.1) is 12.2 Å². The maximum Gasteiger partial charge on any atom is 0.262 e. The van der Waals surface area contributed by atoms with Crippen molar-refractivity contribution >= 4 is 35.2 Å². The third-order valence-corrected chi connectivity index (χ3v) is 3.47. The van der Waals surface area contributed by atoms with E-state index in [2.05, 4.69) is 10.3 Å². The molecule has 6 heteroatoms. The molecule has 1 aromatic heterocycles. The van der Waals surface area contributed by atoms with Gasteiger partial charge < -0.3 is 5.32 Å². The van der Waals surface area contributed by atoms with Crippen LogP contribution in [0.1, 0.15) is 11.3 Å². The number of nitrogens with zero attached hydrogens (tertiary/aromatic N) is 2. The zero-order valence-electron chi connectivity index (χ0n) is 11.4. The Morgan fingerprint density at radius 1 is 1.23 bits per heavy atom. The number of carbonyl (C=O) groups excluding carboxylic acids is 1. The topological polar surface area (TPSA) is 65.8 Å². The molecule has 0 atom stereocenters. The van der Waals surface area contributed by atoms with Crippen LogP contribution in [0.4, 0.5) is 0 Å². The molecule has 22 heavy (non-hydrogen) atoms. The zero-order valence-corrected chi connectivity index (χ0v) is 12.9. The summed E-state index contributed by atoms with van der Waals surface area (Å²) in [7, 11) is 0. The molecule has 1 amide bonds. The third-order valence-electron chi connectivity index (χ3n) is 2.81. The number of benzene rings is 1. The lowest BCUT2D eigenvalue weighted by Gasteiger charge is -2.05. The molecule has 2 aromatic rings. The van der Waals surface area contributed by atoms with Crippen molar-refractivity contribution < 1.29 is 4.79 Å². The number of aromatic nitrogens is 1. The molecule has 1 aromatic carbocycles. The highest BCUT2D eigenvalue weighted by Gasteiger charge is 2.11. The molecule has 0 aliphatic heterocycles. The number of hydrogen-bond donors (Lipinski definition) is 1. The minimum atomic E-state index is -0.510.